The Bertz CT molecular complexity index is 887. The third kappa shape index (κ3) is 5.60. The standard InChI is InChI=1S/C23H27FN2O2S/c1-16-14-18(24)10-11-20(16)25-22(27)12-9-17-6-5-13-26(15-17)23(28)19-7-3-4-8-21(19)29-2/h3-4,7-8,10-11,14,17H,5-6,9,12-13,15H2,1-2H3,(H,25,27)/t17-/m1/s1. The normalized spacial score (nSPS) is 16.5. The number of carbonyl (C=O) groups is 2. The number of rotatable bonds is 6. The van der Waals surface area contributed by atoms with E-state index in [1.165, 1.54) is 12.1 Å². The Morgan fingerprint density at radius 2 is 2.03 bits per heavy atom. The predicted octanol–water partition coefficient (Wildman–Crippen LogP) is 5.13. The van der Waals surface area contributed by atoms with Crippen LogP contribution in [0.15, 0.2) is 47.4 Å². The first-order chi connectivity index (χ1) is 14.0. The second kappa shape index (κ2) is 9.92. The molecule has 154 valence electrons. The molecule has 2 amide bonds. The van der Waals surface area contributed by atoms with Gasteiger partial charge < -0.3 is 10.2 Å². The summed E-state index contributed by atoms with van der Waals surface area (Å²) in [4.78, 5) is 28.2. The van der Waals surface area contributed by atoms with Crippen molar-refractivity contribution in [2.45, 2.75) is 37.5 Å². The van der Waals surface area contributed by atoms with Crippen molar-refractivity contribution in [2.75, 3.05) is 24.7 Å². The van der Waals surface area contributed by atoms with E-state index in [2.05, 4.69) is 5.32 Å². The van der Waals surface area contributed by atoms with Gasteiger partial charge in [-0.05, 0) is 74.3 Å². The summed E-state index contributed by atoms with van der Waals surface area (Å²) in [6, 6.07) is 12.1. The van der Waals surface area contributed by atoms with Crippen molar-refractivity contribution in [1.82, 2.24) is 4.90 Å². The highest BCUT2D eigenvalue weighted by molar-refractivity contribution is 7.98. The van der Waals surface area contributed by atoms with Gasteiger partial charge in [0.25, 0.3) is 5.91 Å². The van der Waals surface area contributed by atoms with E-state index < -0.39 is 0 Å². The van der Waals surface area contributed by atoms with E-state index in [4.69, 9.17) is 0 Å². The second-order valence-corrected chi connectivity index (χ2v) is 8.35. The van der Waals surface area contributed by atoms with Crippen LogP contribution in [0.2, 0.25) is 0 Å². The number of halogens is 1. The number of nitrogens with one attached hydrogen (secondary N) is 1. The van der Waals surface area contributed by atoms with Crippen LogP contribution in [0.4, 0.5) is 10.1 Å². The Hall–Kier alpha value is -2.34. The number of thioether (sulfide) groups is 1. The summed E-state index contributed by atoms with van der Waals surface area (Å²) < 4.78 is 13.2. The number of hydrogen-bond acceptors (Lipinski definition) is 3. The molecule has 1 saturated heterocycles. The topological polar surface area (TPSA) is 49.4 Å². The van der Waals surface area contributed by atoms with Gasteiger partial charge >= 0.3 is 0 Å². The Kier molecular flexibility index (Phi) is 7.31. The highest BCUT2D eigenvalue weighted by Gasteiger charge is 2.26. The van der Waals surface area contributed by atoms with Gasteiger partial charge in [-0.1, -0.05) is 12.1 Å². The maximum Gasteiger partial charge on any atom is 0.254 e. The number of piperidine rings is 1. The van der Waals surface area contributed by atoms with Crippen LogP contribution in [0.25, 0.3) is 0 Å². The molecule has 1 fully saturated rings. The van der Waals surface area contributed by atoms with Crippen LogP contribution in [0.5, 0.6) is 0 Å². The summed E-state index contributed by atoms with van der Waals surface area (Å²) in [5.41, 5.74) is 2.11. The lowest BCUT2D eigenvalue weighted by atomic mass is 9.92. The van der Waals surface area contributed by atoms with Crippen molar-refractivity contribution in [3.8, 4) is 0 Å². The van der Waals surface area contributed by atoms with E-state index >= 15 is 0 Å². The van der Waals surface area contributed by atoms with E-state index in [-0.39, 0.29) is 17.6 Å². The third-order valence-corrected chi connectivity index (χ3v) is 6.18. The number of aryl methyl sites for hydroxylation is 1. The van der Waals surface area contributed by atoms with E-state index in [0.717, 1.165) is 36.3 Å². The van der Waals surface area contributed by atoms with E-state index in [1.54, 1.807) is 24.8 Å². The highest BCUT2D eigenvalue weighted by Crippen LogP contribution is 2.26. The Morgan fingerprint density at radius 1 is 1.24 bits per heavy atom. The minimum Gasteiger partial charge on any atom is -0.338 e. The Labute approximate surface area is 175 Å². The summed E-state index contributed by atoms with van der Waals surface area (Å²) in [5, 5.41) is 2.86. The number of benzene rings is 2. The van der Waals surface area contributed by atoms with Gasteiger partial charge in [-0.25, -0.2) is 4.39 Å². The third-order valence-electron chi connectivity index (χ3n) is 5.39. The Balaban J connectivity index is 1.54. The molecule has 2 aromatic carbocycles. The van der Waals surface area contributed by atoms with Crippen LogP contribution in [0, 0.1) is 18.7 Å². The molecule has 4 nitrogen and oxygen atoms in total. The van der Waals surface area contributed by atoms with Gasteiger partial charge in [0.2, 0.25) is 5.91 Å². The highest BCUT2D eigenvalue weighted by atomic mass is 32.2. The molecular formula is C23H27FN2O2S. The lowest BCUT2D eigenvalue weighted by Gasteiger charge is -2.33. The first kappa shape index (κ1) is 21.4. The number of nitrogens with zero attached hydrogens (tertiary/aromatic N) is 1. The molecule has 2 aromatic rings. The molecule has 1 heterocycles. The smallest absolute Gasteiger partial charge is 0.254 e. The van der Waals surface area contributed by atoms with Crippen molar-refractivity contribution in [1.29, 1.82) is 0 Å². The summed E-state index contributed by atoms with van der Waals surface area (Å²) in [5.74, 6) is 0.00615. The first-order valence-electron chi connectivity index (χ1n) is 9.96. The number of likely N-dealkylation sites (tertiary alicyclic amines) is 1. The predicted molar refractivity (Wildman–Crippen MR) is 116 cm³/mol. The Morgan fingerprint density at radius 3 is 2.79 bits per heavy atom. The summed E-state index contributed by atoms with van der Waals surface area (Å²) in [6.45, 7) is 3.22. The monoisotopic (exact) mass is 414 g/mol. The van der Waals surface area contributed by atoms with Gasteiger partial charge in [-0.2, -0.15) is 0 Å². The zero-order valence-electron chi connectivity index (χ0n) is 16.9. The molecule has 1 aliphatic rings. The average molecular weight is 415 g/mol. The van der Waals surface area contributed by atoms with Crippen molar-refractivity contribution in [3.63, 3.8) is 0 Å². The molecule has 1 N–H and O–H groups in total. The second-order valence-electron chi connectivity index (χ2n) is 7.51. The molecule has 0 unspecified atom stereocenters. The van der Waals surface area contributed by atoms with Crippen LogP contribution < -0.4 is 5.32 Å². The summed E-state index contributed by atoms with van der Waals surface area (Å²) in [7, 11) is 0. The molecule has 6 heteroatoms. The lowest BCUT2D eigenvalue weighted by Crippen LogP contribution is -2.40. The lowest BCUT2D eigenvalue weighted by molar-refractivity contribution is -0.116. The molecule has 0 radical (unpaired) electrons. The van der Waals surface area contributed by atoms with Crippen molar-refractivity contribution in [3.05, 3.63) is 59.4 Å². The molecule has 0 spiro atoms. The van der Waals surface area contributed by atoms with Crippen LogP contribution in [0.3, 0.4) is 0 Å². The van der Waals surface area contributed by atoms with Gasteiger partial charge in [-0.15, -0.1) is 11.8 Å². The number of anilines is 1. The van der Waals surface area contributed by atoms with Crippen LogP contribution in [-0.2, 0) is 4.79 Å². The number of amides is 2. The molecule has 1 aliphatic heterocycles. The van der Waals surface area contributed by atoms with Crippen LogP contribution >= 0.6 is 11.8 Å². The quantitative estimate of drug-likeness (QED) is 0.667. The van der Waals surface area contributed by atoms with Crippen molar-refractivity contribution >= 4 is 29.3 Å². The number of carbonyl (C=O) groups excluding carboxylic acids is 2. The van der Waals surface area contributed by atoms with Crippen molar-refractivity contribution < 1.29 is 14.0 Å². The molecule has 29 heavy (non-hydrogen) atoms. The maximum atomic E-state index is 13.2. The van der Waals surface area contributed by atoms with Gasteiger partial charge in [0.1, 0.15) is 5.82 Å². The fourth-order valence-electron chi connectivity index (χ4n) is 3.79. The molecule has 1 atom stereocenters. The average Bonchev–Trinajstić information content (AvgIpc) is 2.74. The molecule has 0 aromatic heterocycles. The minimum atomic E-state index is -0.310. The summed E-state index contributed by atoms with van der Waals surface area (Å²) in [6.07, 6.45) is 5.09. The minimum absolute atomic E-state index is 0.0733. The van der Waals surface area contributed by atoms with Gasteiger partial charge in [0.15, 0.2) is 0 Å². The largest absolute Gasteiger partial charge is 0.338 e. The van der Waals surface area contributed by atoms with Gasteiger partial charge in [-0.3, -0.25) is 9.59 Å². The molecule has 0 bridgehead atoms. The van der Waals surface area contributed by atoms with E-state index in [1.807, 2.05) is 35.4 Å². The van der Waals surface area contributed by atoms with E-state index in [0.29, 0.717) is 30.1 Å². The number of hydrogen-bond donors (Lipinski definition) is 1. The SMILES string of the molecule is CSc1ccccc1C(=O)N1CCC[C@H](CCC(=O)Nc2ccc(F)cc2C)C1. The van der Waals surface area contributed by atoms with Crippen molar-refractivity contribution in [2.24, 2.45) is 5.92 Å². The van der Waals surface area contributed by atoms with E-state index in [9.17, 15) is 14.0 Å². The molecular weight excluding hydrogens is 387 g/mol. The summed E-state index contributed by atoms with van der Waals surface area (Å²) >= 11 is 1.58. The van der Waals surface area contributed by atoms with Crippen LogP contribution in [-0.4, -0.2) is 36.1 Å². The van der Waals surface area contributed by atoms with Crippen LogP contribution in [0.1, 0.15) is 41.6 Å². The fourth-order valence-corrected chi connectivity index (χ4v) is 4.38. The fraction of sp³-hybridized carbons (Fsp3) is 0.391. The zero-order chi connectivity index (χ0) is 20.8. The van der Waals surface area contributed by atoms with Gasteiger partial charge in [0, 0.05) is 30.1 Å². The maximum absolute atomic E-state index is 13.2. The first-order valence-corrected chi connectivity index (χ1v) is 11.2. The zero-order valence-corrected chi connectivity index (χ0v) is 17.7. The molecule has 3 rings (SSSR count). The van der Waals surface area contributed by atoms with Gasteiger partial charge in [0.05, 0.1) is 5.56 Å². The molecule has 0 aliphatic carbocycles. The molecule has 0 saturated carbocycles.